The smallest absolute Gasteiger partial charge is 0.234 e. The van der Waals surface area contributed by atoms with Crippen molar-refractivity contribution in [3.05, 3.63) is 11.7 Å². The summed E-state index contributed by atoms with van der Waals surface area (Å²) in [5, 5.41) is 7.13. The second-order valence-corrected chi connectivity index (χ2v) is 6.83. The van der Waals surface area contributed by atoms with E-state index in [0.29, 0.717) is 19.0 Å². The van der Waals surface area contributed by atoms with Crippen LogP contribution in [-0.4, -0.2) is 53.3 Å². The number of amides is 1. The highest BCUT2D eigenvalue weighted by Crippen LogP contribution is 2.40. The molecule has 4 rings (SSSR count). The number of nitrogens with one attached hydrogen (secondary N) is 1. The van der Waals surface area contributed by atoms with Crippen LogP contribution in [0.4, 0.5) is 0 Å². The summed E-state index contributed by atoms with van der Waals surface area (Å²) >= 11 is 0. The molecule has 1 N–H and O–H groups in total. The fourth-order valence-electron chi connectivity index (χ4n) is 3.46. The first-order chi connectivity index (χ1) is 11.3. The van der Waals surface area contributed by atoms with Crippen molar-refractivity contribution < 1.29 is 14.1 Å². The van der Waals surface area contributed by atoms with Gasteiger partial charge in [0.2, 0.25) is 11.8 Å². The van der Waals surface area contributed by atoms with Gasteiger partial charge in [0, 0.05) is 19.1 Å². The van der Waals surface area contributed by atoms with E-state index in [9.17, 15) is 4.79 Å². The minimum atomic E-state index is 0.0540. The van der Waals surface area contributed by atoms with E-state index in [2.05, 4.69) is 20.4 Å². The summed E-state index contributed by atoms with van der Waals surface area (Å²) in [4.78, 5) is 18.9. The minimum Gasteiger partial charge on any atom is -0.376 e. The highest BCUT2D eigenvalue weighted by Gasteiger charge is 2.34. The normalized spacial score (nSPS) is 28.3. The summed E-state index contributed by atoms with van der Waals surface area (Å²) in [5.41, 5.74) is 0. The van der Waals surface area contributed by atoms with E-state index in [4.69, 9.17) is 9.26 Å². The lowest BCUT2D eigenvalue weighted by Gasteiger charge is -2.21. The molecule has 0 bridgehead atoms. The molecule has 0 aromatic carbocycles. The van der Waals surface area contributed by atoms with Gasteiger partial charge in [-0.2, -0.15) is 4.98 Å². The number of nitrogens with zero attached hydrogens (tertiary/aromatic N) is 3. The minimum absolute atomic E-state index is 0.0540. The second kappa shape index (κ2) is 6.57. The third-order valence-electron chi connectivity index (χ3n) is 4.94. The van der Waals surface area contributed by atoms with E-state index in [1.54, 1.807) is 0 Å². The lowest BCUT2D eigenvalue weighted by atomic mass is 10.2. The van der Waals surface area contributed by atoms with Gasteiger partial charge in [-0.3, -0.25) is 9.69 Å². The Hall–Kier alpha value is -1.47. The van der Waals surface area contributed by atoms with Crippen LogP contribution in [0.25, 0.3) is 0 Å². The van der Waals surface area contributed by atoms with Gasteiger partial charge in [-0.25, -0.2) is 0 Å². The molecule has 3 fully saturated rings. The first-order valence-corrected chi connectivity index (χ1v) is 8.75. The van der Waals surface area contributed by atoms with E-state index in [0.717, 1.165) is 63.4 Å². The van der Waals surface area contributed by atoms with Crippen molar-refractivity contribution in [3.63, 3.8) is 0 Å². The molecule has 0 unspecified atom stereocenters. The van der Waals surface area contributed by atoms with Crippen LogP contribution in [-0.2, 0) is 9.53 Å². The van der Waals surface area contributed by atoms with Gasteiger partial charge in [-0.1, -0.05) is 5.16 Å². The van der Waals surface area contributed by atoms with Crippen molar-refractivity contribution >= 4 is 5.91 Å². The summed E-state index contributed by atoms with van der Waals surface area (Å²) in [6.07, 6.45) is 6.68. The Morgan fingerprint density at radius 1 is 1.26 bits per heavy atom. The predicted octanol–water partition coefficient (Wildman–Crippen LogP) is 1.38. The van der Waals surface area contributed by atoms with E-state index in [1.807, 2.05) is 0 Å². The van der Waals surface area contributed by atoms with Crippen molar-refractivity contribution in [1.29, 1.82) is 0 Å². The van der Waals surface area contributed by atoms with E-state index in [1.165, 1.54) is 0 Å². The average molecular weight is 320 g/mol. The van der Waals surface area contributed by atoms with Crippen LogP contribution in [0.1, 0.15) is 62.2 Å². The Labute approximate surface area is 135 Å². The van der Waals surface area contributed by atoms with Gasteiger partial charge in [-0.15, -0.1) is 0 Å². The molecule has 1 aromatic rings. The van der Waals surface area contributed by atoms with Gasteiger partial charge in [-0.05, 0) is 45.1 Å². The Balaban J connectivity index is 1.30. The van der Waals surface area contributed by atoms with Crippen LogP contribution in [0.5, 0.6) is 0 Å². The van der Waals surface area contributed by atoms with Gasteiger partial charge in [0.25, 0.3) is 0 Å². The molecule has 1 aliphatic carbocycles. The molecule has 23 heavy (non-hydrogen) atoms. The van der Waals surface area contributed by atoms with Gasteiger partial charge < -0.3 is 14.6 Å². The highest BCUT2D eigenvalue weighted by atomic mass is 16.5. The first kappa shape index (κ1) is 15.1. The van der Waals surface area contributed by atoms with Crippen molar-refractivity contribution in [3.8, 4) is 0 Å². The molecule has 2 aliphatic heterocycles. The molecule has 2 atom stereocenters. The molecule has 1 aromatic heterocycles. The Morgan fingerprint density at radius 3 is 2.96 bits per heavy atom. The van der Waals surface area contributed by atoms with E-state index >= 15 is 0 Å². The lowest BCUT2D eigenvalue weighted by Crippen LogP contribution is -2.40. The van der Waals surface area contributed by atoms with Crippen LogP contribution < -0.4 is 5.32 Å². The molecular formula is C16H24N4O3. The van der Waals surface area contributed by atoms with Gasteiger partial charge >= 0.3 is 0 Å². The molecular weight excluding hydrogens is 296 g/mol. The third-order valence-corrected chi connectivity index (χ3v) is 4.94. The molecule has 3 aliphatic rings. The SMILES string of the molecule is O=C(CN1CCC[C@@H]1c1noc(C2CC2)n1)NC[C@@H]1CCCO1. The largest absolute Gasteiger partial charge is 0.376 e. The van der Waals surface area contributed by atoms with Crippen LogP contribution in [0.2, 0.25) is 0 Å². The number of hydrogen-bond acceptors (Lipinski definition) is 6. The summed E-state index contributed by atoms with van der Waals surface area (Å²) in [7, 11) is 0. The molecule has 126 valence electrons. The Morgan fingerprint density at radius 2 is 2.17 bits per heavy atom. The average Bonchev–Trinajstić information content (AvgIpc) is 2.99. The van der Waals surface area contributed by atoms with Crippen LogP contribution in [0, 0.1) is 0 Å². The van der Waals surface area contributed by atoms with Gasteiger partial charge in [0.15, 0.2) is 5.82 Å². The van der Waals surface area contributed by atoms with Crippen molar-refractivity contribution in [2.45, 2.75) is 56.6 Å². The molecule has 2 saturated heterocycles. The zero-order valence-electron chi connectivity index (χ0n) is 13.4. The number of likely N-dealkylation sites (tertiary alicyclic amines) is 1. The summed E-state index contributed by atoms with van der Waals surface area (Å²) in [6, 6.07) is 0.111. The number of hydrogen-bond donors (Lipinski definition) is 1. The number of aromatic nitrogens is 2. The lowest BCUT2D eigenvalue weighted by molar-refractivity contribution is -0.123. The maximum absolute atomic E-state index is 12.2. The van der Waals surface area contributed by atoms with Crippen molar-refractivity contribution in [2.75, 3.05) is 26.2 Å². The quantitative estimate of drug-likeness (QED) is 0.853. The fraction of sp³-hybridized carbons (Fsp3) is 0.812. The molecule has 1 amide bonds. The van der Waals surface area contributed by atoms with Crippen LogP contribution in [0.15, 0.2) is 4.52 Å². The number of carbonyl (C=O) groups is 1. The van der Waals surface area contributed by atoms with E-state index < -0.39 is 0 Å². The Kier molecular flexibility index (Phi) is 4.31. The summed E-state index contributed by atoms with van der Waals surface area (Å²) < 4.78 is 10.9. The highest BCUT2D eigenvalue weighted by molar-refractivity contribution is 5.78. The number of carbonyl (C=O) groups excluding carboxylic acids is 1. The molecule has 1 saturated carbocycles. The maximum atomic E-state index is 12.2. The fourth-order valence-corrected chi connectivity index (χ4v) is 3.46. The third kappa shape index (κ3) is 3.55. The van der Waals surface area contributed by atoms with Crippen LogP contribution >= 0.6 is 0 Å². The zero-order chi connectivity index (χ0) is 15.6. The Bertz CT molecular complexity index is 551. The summed E-state index contributed by atoms with van der Waals surface area (Å²) in [5.74, 6) is 2.05. The molecule has 3 heterocycles. The topological polar surface area (TPSA) is 80.5 Å². The van der Waals surface area contributed by atoms with E-state index in [-0.39, 0.29) is 18.1 Å². The second-order valence-electron chi connectivity index (χ2n) is 6.83. The van der Waals surface area contributed by atoms with Crippen LogP contribution in [0.3, 0.4) is 0 Å². The maximum Gasteiger partial charge on any atom is 0.234 e. The van der Waals surface area contributed by atoms with Crippen molar-refractivity contribution in [1.82, 2.24) is 20.4 Å². The van der Waals surface area contributed by atoms with Gasteiger partial charge in [0.1, 0.15) is 0 Å². The first-order valence-electron chi connectivity index (χ1n) is 8.75. The number of rotatable bonds is 6. The predicted molar refractivity (Wildman–Crippen MR) is 81.8 cm³/mol. The zero-order valence-corrected chi connectivity index (χ0v) is 13.4. The molecule has 0 radical (unpaired) electrons. The van der Waals surface area contributed by atoms with Gasteiger partial charge in [0.05, 0.1) is 18.7 Å². The molecule has 7 nitrogen and oxygen atoms in total. The number of ether oxygens (including phenoxy) is 1. The summed E-state index contributed by atoms with van der Waals surface area (Å²) in [6.45, 7) is 2.73. The monoisotopic (exact) mass is 320 g/mol. The standard InChI is InChI=1S/C16H24N4O3/c21-14(17-9-12-3-2-8-22-12)10-20-7-1-4-13(20)15-18-16(23-19-15)11-5-6-11/h11-13H,1-10H2,(H,17,21)/t12-,13+/m0/s1. The van der Waals surface area contributed by atoms with Crippen molar-refractivity contribution in [2.24, 2.45) is 0 Å². The molecule has 7 heteroatoms. The molecule has 0 spiro atoms.